The van der Waals surface area contributed by atoms with Crippen molar-refractivity contribution in [3.63, 3.8) is 0 Å². The smallest absolute Gasteiger partial charge is 0.0406 e. The van der Waals surface area contributed by atoms with E-state index in [0.29, 0.717) is 6.04 Å². The van der Waals surface area contributed by atoms with Crippen LogP contribution in [-0.4, -0.2) is 0 Å². The van der Waals surface area contributed by atoms with E-state index in [9.17, 15) is 0 Å². The number of nitrogens with one attached hydrogen (secondary N) is 1. The zero-order valence-electron chi connectivity index (χ0n) is 10.5. The fourth-order valence-electron chi connectivity index (χ4n) is 2.01. The Bertz CT molecular complexity index is 450. The molecule has 0 radical (unpaired) electrons. The third-order valence-electron chi connectivity index (χ3n) is 2.95. The lowest BCUT2D eigenvalue weighted by atomic mass is 10.0. The summed E-state index contributed by atoms with van der Waals surface area (Å²) in [5.74, 6) is 0. The molecule has 18 heavy (non-hydrogen) atoms. The quantitative estimate of drug-likeness (QED) is 0.782. The molecule has 0 aliphatic rings. The molecule has 1 aromatic heterocycles. The van der Waals surface area contributed by atoms with E-state index in [1.54, 1.807) is 11.3 Å². The molecule has 1 unspecified atom stereocenters. The molecule has 1 atom stereocenters. The van der Waals surface area contributed by atoms with Crippen LogP contribution in [-0.2, 0) is 6.54 Å². The van der Waals surface area contributed by atoms with Gasteiger partial charge in [0.2, 0.25) is 0 Å². The number of hydrogen-bond donors (Lipinski definition) is 1. The van der Waals surface area contributed by atoms with E-state index < -0.39 is 0 Å². The van der Waals surface area contributed by atoms with E-state index in [1.807, 2.05) is 12.1 Å². The van der Waals surface area contributed by atoms with Gasteiger partial charge in [-0.25, -0.2) is 0 Å². The van der Waals surface area contributed by atoms with Crippen LogP contribution in [0.15, 0.2) is 41.8 Å². The van der Waals surface area contributed by atoms with Gasteiger partial charge in [0.15, 0.2) is 0 Å². The van der Waals surface area contributed by atoms with Gasteiger partial charge in [-0.1, -0.05) is 43.1 Å². The second-order valence-corrected chi connectivity index (χ2v) is 5.82. The Balaban J connectivity index is 2.01. The molecule has 0 saturated carbocycles. The second kappa shape index (κ2) is 6.93. The maximum Gasteiger partial charge on any atom is 0.0406 e. The molecule has 0 fully saturated rings. The Hall–Kier alpha value is -0.830. The van der Waals surface area contributed by atoms with Gasteiger partial charge in [0.25, 0.3) is 0 Å². The summed E-state index contributed by atoms with van der Waals surface area (Å²) < 4.78 is 0. The molecule has 1 nitrogen and oxygen atoms in total. The van der Waals surface area contributed by atoms with Gasteiger partial charge in [-0.05, 0) is 35.6 Å². The summed E-state index contributed by atoms with van der Waals surface area (Å²) in [5.41, 5.74) is 1.32. The van der Waals surface area contributed by atoms with Crippen molar-refractivity contribution in [1.82, 2.24) is 5.32 Å². The highest BCUT2D eigenvalue weighted by molar-refractivity contribution is 7.09. The third kappa shape index (κ3) is 3.84. The minimum absolute atomic E-state index is 0.411. The Labute approximate surface area is 118 Å². The number of rotatable bonds is 6. The van der Waals surface area contributed by atoms with Crippen LogP contribution in [0.2, 0.25) is 5.02 Å². The minimum atomic E-state index is 0.411. The monoisotopic (exact) mass is 279 g/mol. The predicted molar refractivity (Wildman–Crippen MR) is 80.3 cm³/mol. The molecular formula is C15H18ClNS. The molecule has 1 heterocycles. The van der Waals surface area contributed by atoms with E-state index in [1.165, 1.54) is 16.9 Å². The second-order valence-electron chi connectivity index (χ2n) is 4.35. The molecule has 1 N–H and O–H groups in total. The van der Waals surface area contributed by atoms with Gasteiger partial charge in [-0.3, -0.25) is 0 Å². The first-order valence-electron chi connectivity index (χ1n) is 6.31. The molecule has 2 rings (SSSR count). The highest BCUT2D eigenvalue weighted by atomic mass is 35.5. The third-order valence-corrected chi connectivity index (χ3v) is 4.08. The van der Waals surface area contributed by atoms with E-state index in [0.717, 1.165) is 18.0 Å². The van der Waals surface area contributed by atoms with Crippen molar-refractivity contribution in [2.45, 2.75) is 32.4 Å². The van der Waals surface area contributed by atoms with E-state index in [-0.39, 0.29) is 0 Å². The van der Waals surface area contributed by atoms with Crippen LogP contribution in [0, 0.1) is 0 Å². The van der Waals surface area contributed by atoms with Crippen molar-refractivity contribution >= 4 is 22.9 Å². The number of hydrogen-bond acceptors (Lipinski definition) is 2. The minimum Gasteiger partial charge on any atom is -0.305 e. The fourth-order valence-corrected chi connectivity index (χ4v) is 2.79. The Morgan fingerprint density at radius 3 is 2.61 bits per heavy atom. The van der Waals surface area contributed by atoms with Crippen LogP contribution in [0.1, 0.15) is 36.2 Å². The zero-order valence-corrected chi connectivity index (χ0v) is 12.1. The molecule has 0 spiro atoms. The Kier molecular flexibility index (Phi) is 5.24. The SMILES string of the molecule is CCCC(NCc1cccs1)c1ccc(Cl)cc1. The van der Waals surface area contributed by atoms with Crippen LogP contribution in [0.4, 0.5) is 0 Å². The van der Waals surface area contributed by atoms with Crippen molar-refractivity contribution in [3.05, 3.63) is 57.2 Å². The van der Waals surface area contributed by atoms with Crippen molar-refractivity contribution < 1.29 is 0 Å². The van der Waals surface area contributed by atoms with Crippen LogP contribution in [0.3, 0.4) is 0 Å². The van der Waals surface area contributed by atoms with Gasteiger partial charge in [0.1, 0.15) is 0 Å². The molecule has 0 aliphatic heterocycles. The summed E-state index contributed by atoms with van der Waals surface area (Å²) >= 11 is 7.73. The highest BCUT2D eigenvalue weighted by Gasteiger charge is 2.10. The van der Waals surface area contributed by atoms with Crippen LogP contribution in [0.25, 0.3) is 0 Å². The summed E-state index contributed by atoms with van der Waals surface area (Å²) in [4.78, 5) is 1.38. The Morgan fingerprint density at radius 2 is 2.00 bits per heavy atom. The maximum atomic E-state index is 5.93. The molecular weight excluding hydrogens is 262 g/mol. The topological polar surface area (TPSA) is 12.0 Å². The molecule has 2 aromatic rings. The van der Waals surface area contributed by atoms with Gasteiger partial charge >= 0.3 is 0 Å². The van der Waals surface area contributed by atoms with Crippen LogP contribution < -0.4 is 5.32 Å². The van der Waals surface area contributed by atoms with Crippen molar-refractivity contribution in [1.29, 1.82) is 0 Å². The van der Waals surface area contributed by atoms with Gasteiger partial charge in [0, 0.05) is 22.5 Å². The van der Waals surface area contributed by atoms with E-state index in [2.05, 4.69) is 41.9 Å². The van der Waals surface area contributed by atoms with Gasteiger partial charge < -0.3 is 5.32 Å². The largest absolute Gasteiger partial charge is 0.305 e. The van der Waals surface area contributed by atoms with Gasteiger partial charge in [0.05, 0.1) is 0 Å². The molecule has 1 aromatic carbocycles. The molecule has 3 heteroatoms. The average Bonchev–Trinajstić information content (AvgIpc) is 2.89. The molecule has 0 saturated heterocycles. The summed E-state index contributed by atoms with van der Waals surface area (Å²) in [5, 5.41) is 6.54. The standard InChI is InChI=1S/C15H18ClNS/c1-2-4-15(12-6-8-13(16)9-7-12)17-11-14-5-3-10-18-14/h3,5-10,15,17H,2,4,11H2,1H3. The van der Waals surface area contributed by atoms with Crippen molar-refractivity contribution in [2.75, 3.05) is 0 Å². The highest BCUT2D eigenvalue weighted by Crippen LogP contribution is 2.21. The van der Waals surface area contributed by atoms with Crippen LogP contribution >= 0.6 is 22.9 Å². The first kappa shape index (κ1) is 13.6. The molecule has 0 amide bonds. The molecule has 0 aliphatic carbocycles. The summed E-state index contributed by atoms with van der Waals surface area (Å²) in [7, 11) is 0. The maximum absolute atomic E-state index is 5.93. The summed E-state index contributed by atoms with van der Waals surface area (Å²) in [6.07, 6.45) is 2.32. The number of halogens is 1. The normalized spacial score (nSPS) is 12.6. The Morgan fingerprint density at radius 1 is 1.22 bits per heavy atom. The lowest BCUT2D eigenvalue weighted by molar-refractivity contribution is 0.496. The molecule has 96 valence electrons. The van der Waals surface area contributed by atoms with Gasteiger partial charge in [-0.2, -0.15) is 0 Å². The lowest BCUT2D eigenvalue weighted by Crippen LogP contribution is -2.20. The lowest BCUT2D eigenvalue weighted by Gasteiger charge is -2.18. The van der Waals surface area contributed by atoms with Crippen molar-refractivity contribution in [3.8, 4) is 0 Å². The average molecular weight is 280 g/mol. The fraction of sp³-hybridized carbons (Fsp3) is 0.333. The summed E-state index contributed by atoms with van der Waals surface area (Å²) in [6.45, 7) is 3.15. The predicted octanol–water partition coefficient (Wildman–Crippen LogP) is 5.03. The first-order valence-corrected chi connectivity index (χ1v) is 7.56. The van der Waals surface area contributed by atoms with E-state index >= 15 is 0 Å². The number of benzene rings is 1. The van der Waals surface area contributed by atoms with E-state index in [4.69, 9.17) is 11.6 Å². The number of thiophene rings is 1. The van der Waals surface area contributed by atoms with Crippen LogP contribution in [0.5, 0.6) is 0 Å². The summed E-state index contributed by atoms with van der Waals surface area (Å²) in [6, 6.07) is 12.8. The van der Waals surface area contributed by atoms with Crippen molar-refractivity contribution in [2.24, 2.45) is 0 Å². The first-order chi connectivity index (χ1) is 8.79. The molecule has 0 bridgehead atoms. The zero-order chi connectivity index (χ0) is 12.8. The van der Waals surface area contributed by atoms with Gasteiger partial charge in [-0.15, -0.1) is 11.3 Å².